The van der Waals surface area contributed by atoms with Crippen molar-refractivity contribution in [2.24, 2.45) is 4.99 Å². The maximum Gasteiger partial charge on any atom is 0.261 e. The lowest BCUT2D eigenvalue weighted by Crippen LogP contribution is -2.45. The van der Waals surface area contributed by atoms with Crippen LogP contribution in [0.1, 0.15) is 55.1 Å². The lowest BCUT2D eigenvalue weighted by molar-refractivity contribution is 0.0957. The molecule has 3 rings (SSSR count). The minimum Gasteiger partial charge on any atom is -0.357 e. The molecular formula is C20H34IN5OS. The largest absolute Gasteiger partial charge is 0.357 e. The zero-order chi connectivity index (χ0) is 18.9. The summed E-state index contributed by atoms with van der Waals surface area (Å²) in [5.41, 5.74) is 0. The summed E-state index contributed by atoms with van der Waals surface area (Å²) in [6.07, 6.45) is 7.57. The van der Waals surface area contributed by atoms with Crippen LogP contribution in [-0.4, -0.2) is 61.6 Å². The molecule has 1 atom stereocenters. The Hall–Kier alpha value is -0.870. The number of likely N-dealkylation sites (tertiary alicyclic amines) is 1. The highest BCUT2D eigenvalue weighted by Gasteiger charge is 2.30. The molecule has 28 heavy (non-hydrogen) atoms. The first-order valence-corrected chi connectivity index (χ1v) is 11.2. The molecule has 1 aromatic heterocycles. The smallest absolute Gasteiger partial charge is 0.261 e. The lowest BCUT2D eigenvalue weighted by Gasteiger charge is -2.24. The van der Waals surface area contributed by atoms with Gasteiger partial charge in [-0.3, -0.25) is 14.7 Å². The van der Waals surface area contributed by atoms with Crippen LogP contribution in [0.5, 0.6) is 0 Å². The third kappa shape index (κ3) is 7.18. The number of halogens is 1. The van der Waals surface area contributed by atoms with Gasteiger partial charge in [0.05, 0.1) is 4.88 Å². The molecular weight excluding hydrogens is 485 g/mol. The van der Waals surface area contributed by atoms with E-state index in [2.05, 4.69) is 32.8 Å². The van der Waals surface area contributed by atoms with Crippen LogP contribution in [0, 0.1) is 0 Å². The van der Waals surface area contributed by atoms with Crippen LogP contribution >= 0.6 is 35.3 Å². The number of thiophene rings is 1. The highest BCUT2D eigenvalue weighted by Crippen LogP contribution is 2.26. The summed E-state index contributed by atoms with van der Waals surface area (Å²) in [5.74, 6) is 0.914. The van der Waals surface area contributed by atoms with Gasteiger partial charge in [0.2, 0.25) is 0 Å². The molecule has 0 spiro atoms. The molecule has 3 N–H and O–H groups in total. The maximum atomic E-state index is 11.9. The van der Waals surface area contributed by atoms with Crippen molar-refractivity contribution in [3.8, 4) is 0 Å². The van der Waals surface area contributed by atoms with Crippen LogP contribution in [0.2, 0.25) is 0 Å². The Kier molecular flexibility index (Phi) is 10.6. The number of carbonyl (C=O) groups is 1. The van der Waals surface area contributed by atoms with E-state index in [4.69, 9.17) is 0 Å². The fourth-order valence-corrected chi connectivity index (χ4v) is 4.63. The third-order valence-corrected chi connectivity index (χ3v) is 6.25. The number of amides is 1. The van der Waals surface area contributed by atoms with E-state index in [9.17, 15) is 4.79 Å². The Morgan fingerprint density at radius 1 is 1.29 bits per heavy atom. The van der Waals surface area contributed by atoms with Gasteiger partial charge in [0.25, 0.3) is 5.91 Å². The highest BCUT2D eigenvalue weighted by molar-refractivity contribution is 14.0. The summed E-state index contributed by atoms with van der Waals surface area (Å²) in [7, 11) is 0. The van der Waals surface area contributed by atoms with Gasteiger partial charge in [0, 0.05) is 44.8 Å². The van der Waals surface area contributed by atoms with Gasteiger partial charge in [0.15, 0.2) is 5.96 Å². The Morgan fingerprint density at radius 3 is 2.82 bits per heavy atom. The molecule has 158 valence electrons. The molecule has 1 aliphatic heterocycles. The molecule has 1 unspecified atom stereocenters. The second kappa shape index (κ2) is 12.6. The van der Waals surface area contributed by atoms with Crippen molar-refractivity contribution in [3.05, 3.63) is 22.4 Å². The van der Waals surface area contributed by atoms with Gasteiger partial charge in [-0.2, -0.15) is 0 Å². The summed E-state index contributed by atoms with van der Waals surface area (Å²) in [4.78, 5) is 20.0. The Morgan fingerprint density at radius 2 is 2.11 bits per heavy atom. The van der Waals surface area contributed by atoms with Gasteiger partial charge in [-0.15, -0.1) is 35.3 Å². The number of nitrogens with one attached hydrogen (secondary N) is 3. The van der Waals surface area contributed by atoms with Crippen LogP contribution in [0.4, 0.5) is 0 Å². The summed E-state index contributed by atoms with van der Waals surface area (Å²) in [6, 6.07) is 5.04. The molecule has 1 saturated carbocycles. The molecule has 2 fully saturated rings. The predicted octanol–water partition coefficient (Wildman–Crippen LogP) is 3.06. The van der Waals surface area contributed by atoms with Gasteiger partial charge in [-0.1, -0.05) is 18.9 Å². The second-order valence-electron chi connectivity index (χ2n) is 7.41. The molecule has 2 heterocycles. The normalized spacial score (nSPS) is 20.8. The van der Waals surface area contributed by atoms with Crippen molar-refractivity contribution >= 4 is 47.2 Å². The first-order valence-electron chi connectivity index (χ1n) is 10.4. The van der Waals surface area contributed by atoms with E-state index in [1.54, 1.807) is 0 Å². The number of guanidine groups is 1. The number of hydrogen-bond donors (Lipinski definition) is 3. The van der Waals surface area contributed by atoms with Gasteiger partial charge >= 0.3 is 0 Å². The number of rotatable bonds is 8. The Bertz CT molecular complexity index is 604. The first kappa shape index (κ1) is 23.4. The summed E-state index contributed by atoms with van der Waals surface area (Å²) >= 11 is 1.47. The van der Waals surface area contributed by atoms with Gasteiger partial charge in [-0.25, -0.2) is 0 Å². The predicted molar refractivity (Wildman–Crippen MR) is 128 cm³/mol. The van der Waals surface area contributed by atoms with Crippen molar-refractivity contribution < 1.29 is 4.79 Å². The van der Waals surface area contributed by atoms with E-state index in [1.807, 2.05) is 17.5 Å². The average molecular weight is 519 g/mol. The van der Waals surface area contributed by atoms with Crippen LogP contribution < -0.4 is 16.0 Å². The molecule has 1 aliphatic carbocycles. The molecule has 8 heteroatoms. The number of aliphatic imine (C=N–C) groups is 1. The topological polar surface area (TPSA) is 68.8 Å². The number of nitrogens with zero attached hydrogens (tertiary/aromatic N) is 2. The summed E-state index contributed by atoms with van der Waals surface area (Å²) in [6.45, 7) is 6.65. The molecule has 0 radical (unpaired) electrons. The second-order valence-corrected chi connectivity index (χ2v) is 8.36. The minimum absolute atomic E-state index is 0. The minimum atomic E-state index is 0. The standard InChI is InChI=1S/C20H33N5OS.HI/c1-2-21-20(23-12-6-11-22-19(26)18-9-5-14-27-18)24-16-10-13-25(15-16)17-7-3-4-8-17;/h5,9,14,16-17H,2-4,6-8,10-13,15H2,1H3,(H,22,26)(H2,21,23,24);1H. The van der Waals surface area contributed by atoms with E-state index < -0.39 is 0 Å². The fraction of sp³-hybridized carbons (Fsp3) is 0.700. The molecule has 0 aromatic carbocycles. The van der Waals surface area contributed by atoms with Gasteiger partial charge in [0.1, 0.15) is 0 Å². The molecule has 1 aromatic rings. The molecule has 1 amide bonds. The van der Waals surface area contributed by atoms with Crippen LogP contribution in [0.25, 0.3) is 0 Å². The first-order chi connectivity index (χ1) is 13.3. The molecule has 2 aliphatic rings. The van der Waals surface area contributed by atoms with E-state index in [0.717, 1.165) is 36.4 Å². The van der Waals surface area contributed by atoms with Crippen molar-refractivity contribution in [3.63, 3.8) is 0 Å². The van der Waals surface area contributed by atoms with Gasteiger partial charge < -0.3 is 16.0 Å². The van der Waals surface area contributed by atoms with Crippen molar-refractivity contribution in [2.75, 3.05) is 32.7 Å². The number of carbonyl (C=O) groups excluding carboxylic acids is 1. The van der Waals surface area contributed by atoms with Crippen LogP contribution in [0.15, 0.2) is 22.5 Å². The lowest BCUT2D eigenvalue weighted by atomic mass is 10.2. The average Bonchev–Trinajstić information content (AvgIpc) is 3.42. The molecule has 1 saturated heterocycles. The molecule has 6 nitrogen and oxygen atoms in total. The van der Waals surface area contributed by atoms with E-state index in [1.165, 1.54) is 50.0 Å². The van der Waals surface area contributed by atoms with E-state index >= 15 is 0 Å². The van der Waals surface area contributed by atoms with Crippen LogP contribution in [0.3, 0.4) is 0 Å². The van der Waals surface area contributed by atoms with E-state index in [-0.39, 0.29) is 29.9 Å². The summed E-state index contributed by atoms with van der Waals surface area (Å²) in [5, 5.41) is 11.8. The van der Waals surface area contributed by atoms with Crippen molar-refractivity contribution in [2.45, 2.75) is 57.5 Å². The monoisotopic (exact) mass is 519 g/mol. The van der Waals surface area contributed by atoms with Gasteiger partial charge in [-0.05, 0) is 44.1 Å². The van der Waals surface area contributed by atoms with Crippen molar-refractivity contribution in [1.82, 2.24) is 20.9 Å². The maximum absolute atomic E-state index is 11.9. The highest BCUT2D eigenvalue weighted by atomic mass is 127. The Labute approximate surface area is 190 Å². The summed E-state index contributed by atoms with van der Waals surface area (Å²) < 4.78 is 0. The van der Waals surface area contributed by atoms with Crippen LogP contribution in [-0.2, 0) is 0 Å². The quantitative estimate of drug-likeness (QED) is 0.214. The fourth-order valence-electron chi connectivity index (χ4n) is 3.99. The SMILES string of the molecule is CCNC(=NCCCNC(=O)c1cccs1)NC1CCN(C2CCCC2)C1.I. The Balaban J connectivity index is 0.00000280. The number of hydrogen-bond acceptors (Lipinski definition) is 4. The van der Waals surface area contributed by atoms with Crippen molar-refractivity contribution in [1.29, 1.82) is 0 Å². The third-order valence-electron chi connectivity index (χ3n) is 5.38. The zero-order valence-corrected chi connectivity index (χ0v) is 19.9. The van der Waals surface area contributed by atoms with E-state index in [0.29, 0.717) is 19.1 Å². The molecule has 0 bridgehead atoms. The zero-order valence-electron chi connectivity index (χ0n) is 16.8.